The van der Waals surface area contributed by atoms with Crippen LogP contribution in [-0.2, 0) is 21.9 Å². The van der Waals surface area contributed by atoms with Crippen LogP contribution < -0.4 is 5.46 Å². The number of hydrogen-bond acceptors (Lipinski definition) is 3. The molecule has 2 heterocycles. The van der Waals surface area contributed by atoms with Crippen LogP contribution in [0.3, 0.4) is 0 Å². The van der Waals surface area contributed by atoms with Gasteiger partial charge in [0.05, 0.1) is 22.5 Å². The van der Waals surface area contributed by atoms with E-state index in [0.29, 0.717) is 18.3 Å². The van der Waals surface area contributed by atoms with E-state index >= 15 is 0 Å². The van der Waals surface area contributed by atoms with E-state index in [2.05, 4.69) is 4.98 Å². The Morgan fingerprint density at radius 2 is 1.68 bits per heavy atom. The average molecular weight is 315 g/mol. The Morgan fingerprint density at radius 1 is 1.14 bits per heavy atom. The SMILES string of the molecule is CCCc1ncc(B2OC(C)(C)C(C)(C)O2)cc1C(F)(F)F. The highest BCUT2D eigenvalue weighted by atomic mass is 19.4. The van der Waals surface area contributed by atoms with E-state index in [-0.39, 0.29) is 5.69 Å². The smallest absolute Gasteiger partial charge is 0.399 e. The van der Waals surface area contributed by atoms with Crippen LogP contribution in [0.4, 0.5) is 13.2 Å². The summed E-state index contributed by atoms with van der Waals surface area (Å²) in [4.78, 5) is 3.99. The van der Waals surface area contributed by atoms with Crippen molar-refractivity contribution in [3.8, 4) is 0 Å². The van der Waals surface area contributed by atoms with E-state index in [4.69, 9.17) is 9.31 Å². The van der Waals surface area contributed by atoms with Crippen molar-refractivity contribution in [2.24, 2.45) is 0 Å². The number of halogens is 3. The van der Waals surface area contributed by atoms with Gasteiger partial charge in [-0.25, -0.2) is 0 Å². The zero-order chi connectivity index (χ0) is 16.8. The van der Waals surface area contributed by atoms with Crippen LogP contribution in [0.2, 0.25) is 0 Å². The summed E-state index contributed by atoms with van der Waals surface area (Å²) in [6.45, 7) is 9.25. The molecule has 0 spiro atoms. The number of rotatable bonds is 3. The van der Waals surface area contributed by atoms with Crippen molar-refractivity contribution in [3.63, 3.8) is 0 Å². The van der Waals surface area contributed by atoms with E-state index in [1.54, 1.807) is 0 Å². The summed E-state index contributed by atoms with van der Waals surface area (Å²) >= 11 is 0. The van der Waals surface area contributed by atoms with Crippen molar-refractivity contribution in [1.29, 1.82) is 0 Å². The Hall–Kier alpha value is -1.08. The highest BCUT2D eigenvalue weighted by Gasteiger charge is 2.52. The number of hydrogen-bond donors (Lipinski definition) is 0. The van der Waals surface area contributed by atoms with Gasteiger partial charge >= 0.3 is 13.3 Å². The van der Waals surface area contributed by atoms with Crippen molar-refractivity contribution in [1.82, 2.24) is 4.98 Å². The third kappa shape index (κ3) is 3.15. The first-order chi connectivity index (χ1) is 9.98. The molecule has 1 saturated heterocycles. The zero-order valence-corrected chi connectivity index (χ0v) is 13.5. The van der Waals surface area contributed by atoms with Crippen LogP contribution >= 0.6 is 0 Å². The van der Waals surface area contributed by atoms with Gasteiger partial charge in [-0.05, 0) is 40.2 Å². The summed E-state index contributed by atoms with van der Waals surface area (Å²) in [5, 5.41) is 0. The number of alkyl halides is 3. The molecule has 0 bridgehead atoms. The first-order valence-corrected chi connectivity index (χ1v) is 7.39. The summed E-state index contributed by atoms with van der Waals surface area (Å²) in [7, 11) is -0.839. The zero-order valence-electron chi connectivity index (χ0n) is 13.5. The second-order valence-corrected chi connectivity index (χ2v) is 6.60. The van der Waals surface area contributed by atoms with Gasteiger partial charge in [0.15, 0.2) is 0 Å². The quantitative estimate of drug-likeness (QED) is 0.802. The highest BCUT2D eigenvalue weighted by Crippen LogP contribution is 2.37. The molecule has 22 heavy (non-hydrogen) atoms. The summed E-state index contributed by atoms with van der Waals surface area (Å²) in [5.41, 5.74) is -1.54. The topological polar surface area (TPSA) is 31.4 Å². The second kappa shape index (κ2) is 5.53. The van der Waals surface area contributed by atoms with Crippen LogP contribution in [0.25, 0.3) is 0 Å². The van der Waals surface area contributed by atoms with Gasteiger partial charge in [0.2, 0.25) is 0 Å². The van der Waals surface area contributed by atoms with Gasteiger partial charge in [0, 0.05) is 11.7 Å². The molecule has 2 rings (SSSR count). The van der Waals surface area contributed by atoms with Gasteiger partial charge in [-0.1, -0.05) is 13.3 Å². The van der Waals surface area contributed by atoms with Crippen LogP contribution in [-0.4, -0.2) is 23.3 Å². The third-order valence-electron chi connectivity index (χ3n) is 4.31. The van der Waals surface area contributed by atoms with E-state index in [1.165, 1.54) is 6.20 Å². The molecule has 0 saturated carbocycles. The third-order valence-corrected chi connectivity index (χ3v) is 4.31. The van der Waals surface area contributed by atoms with Gasteiger partial charge in [0.25, 0.3) is 0 Å². The van der Waals surface area contributed by atoms with Gasteiger partial charge in [-0.15, -0.1) is 0 Å². The molecule has 0 unspecified atom stereocenters. The van der Waals surface area contributed by atoms with E-state index < -0.39 is 30.1 Å². The molecule has 1 fully saturated rings. The van der Waals surface area contributed by atoms with Gasteiger partial charge in [0.1, 0.15) is 0 Å². The van der Waals surface area contributed by atoms with Crippen molar-refractivity contribution >= 4 is 12.6 Å². The summed E-state index contributed by atoms with van der Waals surface area (Å²) in [5.74, 6) is 0. The fraction of sp³-hybridized carbons (Fsp3) is 0.667. The lowest BCUT2D eigenvalue weighted by Crippen LogP contribution is -2.41. The Balaban J connectivity index is 2.38. The molecule has 0 aromatic carbocycles. The fourth-order valence-corrected chi connectivity index (χ4v) is 2.30. The summed E-state index contributed by atoms with van der Waals surface area (Å²) in [6.07, 6.45) is -2.12. The van der Waals surface area contributed by atoms with Crippen molar-refractivity contribution in [2.45, 2.75) is 64.8 Å². The van der Waals surface area contributed by atoms with Crippen LogP contribution in [0, 0.1) is 0 Å². The minimum absolute atomic E-state index is 0.0651. The number of aryl methyl sites for hydroxylation is 1. The highest BCUT2D eigenvalue weighted by molar-refractivity contribution is 6.62. The first kappa shape index (κ1) is 17.3. The first-order valence-electron chi connectivity index (χ1n) is 7.39. The lowest BCUT2D eigenvalue weighted by molar-refractivity contribution is -0.138. The van der Waals surface area contributed by atoms with Gasteiger partial charge in [-0.2, -0.15) is 13.2 Å². The number of nitrogens with zero attached hydrogens (tertiary/aromatic N) is 1. The molecular weight excluding hydrogens is 294 g/mol. The van der Waals surface area contributed by atoms with Crippen molar-refractivity contribution < 1.29 is 22.5 Å². The van der Waals surface area contributed by atoms with Crippen molar-refractivity contribution in [3.05, 3.63) is 23.5 Å². The van der Waals surface area contributed by atoms with E-state index in [9.17, 15) is 13.2 Å². The lowest BCUT2D eigenvalue weighted by atomic mass is 9.79. The van der Waals surface area contributed by atoms with Gasteiger partial charge in [-0.3, -0.25) is 4.98 Å². The largest absolute Gasteiger partial charge is 0.496 e. The molecule has 1 aliphatic rings. The summed E-state index contributed by atoms with van der Waals surface area (Å²) < 4.78 is 51.2. The molecule has 0 atom stereocenters. The van der Waals surface area contributed by atoms with Gasteiger partial charge < -0.3 is 9.31 Å². The minimum Gasteiger partial charge on any atom is -0.399 e. The molecule has 0 amide bonds. The molecule has 0 radical (unpaired) electrons. The fourth-order valence-electron chi connectivity index (χ4n) is 2.30. The average Bonchev–Trinajstić information content (AvgIpc) is 2.58. The van der Waals surface area contributed by atoms with Crippen LogP contribution in [0.15, 0.2) is 12.3 Å². The lowest BCUT2D eigenvalue weighted by Gasteiger charge is -2.32. The predicted octanol–water partition coefficient (Wildman–Crippen LogP) is 3.35. The van der Waals surface area contributed by atoms with E-state index in [1.807, 2.05) is 34.6 Å². The Bertz CT molecular complexity index is 542. The summed E-state index contributed by atoms with van der Waals surface area (Å²) in [6, 6.07) is 1.10. The van der Waals surface area contributed by atoms with Crippen LogP contribution in [0.5, 0.6) is 0 Å². The minimum atomic E-state index is -4.43. The van der Waals surface area contributed by atoms with Crippen LogP contribution in [0.1, 0.15) is 52.3 Å². The maximum atomic E-state index is 13.2. The molecule has 3 nitrogen and oxygen atoms in total. The molecule has 1 aliphatic heterocycles. The molecule has 0 N–H and O–H groups in total. The molecule has 7 heteroatoms. The molecular formula is C15H21BF3NO2. The standard InChI is InChI=1S/C15H21BF3NO2/c1-6-7-12-11(15(17,18)19)8-10(9-20-12)16-21-13(2,3)14(4,5)22-16/h8-9H,6-7H2,1-5H3. The number of pyridine rings is 1. The van der Waals surface area contributed by atoms with Crippen molar-refractivity contribution in [2.75, 3.05) is 0 Å². The second-order valence-electron chi connectivity index (χ2n) is 6.60. The maximum Gasteiger partial charge on any atom is 0.496 e. The Kier molecular flexibility index (Phi) is 4.34. The number of aromatic nitrogens is 1. The monoisotopic (exact) mass is 315 g/mol. The Labute approximate surface area is 129 Å². The molecule has 0 aliphatic carbocycles. The molecule has 122 valence electrons. The predicted molar refractivity (Wildman–Crippen MR) is 79.0 cm³/mol. The normalized spacial score (nSPS) is 20.5. The molecule has 1 aromatic heterocycles. The molecule has 1 aromatic rings. The Morgan fingerprint density at radius 3 is 2.14 bits per heavy atom. The van der Waals surface area contributed by atoms with E-state index in [0.717, 1.165) is 6.07 Å². The maximum absolute atomic E-state index is 13.2.